The average molecular weight is 180 g/mol. The van der Waals surface area contributed by atoms with Crippen LogP contribution in [0.3, 0.4) is 0 Å². The number of hydrogen-bond acceptors (Lipinski definition) is 0. The quantitative estimate of drug-likeness (QED) is 0.442. The van der Waals surface area contributed by atoms with Crippen LogP contribution in [-0.4, -0.2) is 6.18 Å². The van der Waals surface area contributed by atoms with Gasteiger partial charge in [0, 0.05) is 6.08 Å². The lowest BCUT2D eigenvalue weighted by molar-refractivity contribution is -0.0800. The van der Waals surface area contributed by atoms with E-state index in [4.69, 9.17) is 0 Å². The molecule has 0 aliphatic rings. The van der Waals surface area contributed by atoms with Gasteiger partial charge in [0.25, 0.3) is 0 Å². The maximum absolute atomic E-state index is 11.5. The Kier molecular flexibility index (Phi) is 5.85. The third-order valence-electron chi connectivity index (χ3n) is 1.53. The fourth-order valence-corrected chi connectivity index (χ4v) is 0.906. The molecule has 0 aromatic carbocycles. The molecule has 0 bridgehead atoms. The predicted octanol–water partition coefficient (Wildman–Crippen LogP) is 4.08. The van der Waals surface area contributed by atoms with Crippen molar-refractivity contribution < 1.29 is 13.2 Å². The van der Waals surface area contributed by atoms with Crippen LogP contribution in [0.4, 0.5) is 13.2 Å². The van der Waals surface area contributed by atoms with E-state index in [1.54, 1.807) is 0 Å². The first kappa shape index (κ1) is 11.5. The molecule has 72 valence electrons. The maximum Gasteiger partial charge on any atom is 0.409 e. The van der Waals surface area contributed by atoms with Crippen LogP contribution in [0.2, 0.25) is 0 Å². The van der Waals surface area contributed by atoms with Crippen molar-refractivity contribution in [3.63, 3.8) is 0 Å². The van der Waals surface area contributed by atoms with Crippen LogP contribution < -0.4 is 0 Å². The zero-order valence-electron chi connectivity index (χ0n) is 7.32. The minimum Gasteiger partial charge on any atom is -0.167 e. The van der Waals surface area contributed by atoms with Gasteiger partial charge in [0.15, 0.2) is 0 Å². The van der Waals surface area contributed by atoms with Crippen LogP contribution in [0.5, 0.6) is 0 Å². The van der Waals surface area contributed by atoms with Gasteiger partial charge in [-0.2, -0.15) is 13.2 Å². The predicted molar refractivity (Wildman–Crippen MR) is 44.0 cm³/mol. The van der Waals surface area contributed by atoms with E-state index in [9.17, 15) is 13.2 Å². The monoisotopic (exact) mass is 180 g/mol. The van der Waals surface area contributed by atoms with Crippen molar-refractivity contribution in [2.45, 2.75) is 45.2 Å². The number of unbranched alkanes of at least 4 members (excludes halogenated alkanes) is 4. The third kappa shape index (κ3) is 9.53. The van der Waals surface area contributed by atoms with Gasteiger partial charge in [-0.05, 0) is 12.8 Å². The molecular weight excluding hydrogens is 165 g/mol. The highest BCUT2D eigenvalue weighted by molar-refractivity contribution is 4.88. The van der Waals surface area contributed by atoms with Crippen LogP contribution in [0.15, 0.2) is 12.2 Å². The second-order valence-electron chi connectivity index (χ2n) is 2.79. The van der Waals surface area contributed by atoms with Gasteiger partial charge in [-0.25, -0.2) is 0 Å². The van der Waals surface area contributed by atoms with Gasteiger partial charge in [0.2, 0.25) is 0 Å². The zero-order valence-corrected chi connectivity index (χ0v) is 7.32. The SMILES string of the molecule is CCCCCC/C=C/C(F)(F)F. The molecule has 0 unspecified atom stereocenters. The Balaban J connectivity index is 3.25. The largest absolute Gasteiger partial charge is 0.409 e. The second-order valence-corrected chi connectivity index (χ2v) is 2.79. The number of rotatable bonds is 5. The summed E-state index contributed by atoms with van der Waals surface area (Å²) in [7, 11) is 0. The topological polar surface area (TPSA) is 0 Å². The summed E-state index contributed by atoms with van der Waals surface area (Å²) < 4.78 is 34.6. The van der Waals surface area contributed by atoms with Crippen molar-refractivity contribution in [1.82, 2.24) is 0 Å². The van der Waals surface area contributed by atoms with Crippen molar-refractivity contribution >= 4 is 0 Å². The lowest BCUT2D eigenvalue weighted by atomic mass is 10.1. The Morgan fingerprint density at radius 2 is 1.75 bits per heavy atom. The maximum atomic E-state index is 11.5. The fraction of sp³-hybridized carbons (Fsp3) is 0.778. The number of hydrogen-bond donors (Lipinski definition) is 0. The number of halogens is 3. The fourth-order valence-electron chi connectivity index (χ4n) is 0.906. The molecule has 0 saturated heterocycles. The lowest BCUT2D eigenvalue weighted by Crippen LogP contribution is -2.00. The minimum absolute atomic E-state index is 0.318. The van der Waals surface area contributed by atoms with E-state index in [1.165, 1.54) is 6.08 Å². The van der Waals surface area contributed by atoms with E-state index >= 15 is 0 Å². The van der Waals surface area contributed by atoms with Gasteiger partial charge in [-0.15, -0.1) is 0 Å². The van der Waals surface area contributed by atoms with E-state index in [1.807, 2.05) is 0 Å². The van der Waals surface area contributed by atoms with Gasteiger partial charge in [-0.3, -0.25) is 0 Å². The van der Waals surface area contributed by atoms with E-state index in [2.05, 4.69) is 6.92 Å². The Bertz CT molecular complexity index is 124. The minimum atomic E-state index is -4.13. The van der Waals surface area contributed by atoms with Crippen LogP contribution in [0, 0.1) is 0 Å². The molecule has 0 amide bonds. The molecule has 0 rings (SSSR count). The Labute approximate surface area is 71.5 Å². The molecule has 12 heavy (non-hydrogen) atoms. The normalized spacial score (nSPS) is 12.7. The average Bonchev–Trinajstić information content (AvgIpc) is 1.94. The molecule has 0 aromatic heterocycles. The van der Waals surface area contributed by atoms with Crippen molar-refractivity contribution in [3.8, 4) is 0 Å². The first-order valence-electron chi connectivity index (χ1n) is 4.30. The highest BCUT2D eigenvalue weighted by Gasteiger charge is 2.21. The summed E-state index contributed by atoms with van der Waals surface area (Å²) in [5.74, 6) is 0. The van der Waals surface area contributed by atoms with E-state index in [0.29, 0.717) is 12.5 Å². The lowest BCUT2D eigenvalue weighted by Gasteiger charge is -1.97. The van der Waals surface area contributed by atoms with Crippen molar-refractivity contribution in [3.05, 3.63) is 12.2 Å². The summed E-state index contributed by atoms with van der Waals surface area (Å²) >= 11 is 0. The zero-order chi connectivity index (χ0) is 9.45. The van der Waals surface area contributed by atoms with Gasteiger partial charge in [0.1, 0.15) is 0 Å². The van der Waals surface area contributed by atoms with Gasteiger partial charge in [-0.1, -0.05) is 32.3 Å². The first-order chi connectivity index (χ1) is 5.56. The molecular formula is C9H15F3. The number of allylic oxidation sites excluding steroid dienone is 2. The van der Waals surface area contributed by atoms with E-state index in [0.717, 1.165) is 25.7 Å². The summed E-state index contributed by atoms with van der Waals surface area (Å²) in [4.78, 5) is 0. The van der Waals surface area contributed by atoms with Gasteiger partial charge in [0.05, 0.1) is 0 Å². The summed E-state index contributed by atoms with van der Waals surface area (Å²) in [5, 5.41) is 0. The molecule has 0 fully saturated rings. The molecule has 3 heteroatoms. The molecule has 0 saturated carbocycles. The molecule has 0 spiro atoms. The Morgan fingerprint density at radius 3 is 2.25 bits per heavy atom. The summed E-state index contributed by atoms with van der Waals surface area (Å²) in [6.07, 6.45) is 2.04. The van der Waals surface area contributed by atoms with Gasteiger partial charge >= 0.3 is 6.18 Å². The van der Waals surface area contributed by atoms with E-state index in [-0.39, 0.29) is 0 Å². The number of alkyl halides is 3. The van der Waals surface area contributed by atoms with Crippen LogP contribution in [0.25, 0.3) is 0 Å². The van der Waals surface area contributed by atoms with Gasteiger partial charge < -0.3 is 0 Å². The van der Waals surface area contributed by atoms with Crippen molar-refractivity contribution in [2.24, 2.45) is 0 Å². The highest BCUT2D eigenvalue weighted by atomic mass is 19.4. The molecule has 0 aromatic rings. The smallest absolute Gasteiger partial charge is 0.167 e. The Morgan fingerprint density at radius 1 is 1.08 bits per heavy atom. The van der Waals surface area contributed by atoms with E-state index < -0.39 is 6.18 Å². The highest BCUT2D eigenvalue weighted by Crippen LogP contribution is 2.16. The molecule has 0 N–H and O–H groups in total. The molecule has 0 atom stereocenters. The molecule has 0 aliphatic heterocycles. The summed E-state index contributed by atoms with van der Waals surface area (Å²) in [6.45, 7) is 2.07. The van der Waals surface area contributed by atoms with Crippen molar-refractivity contribution in [1.29, 1.82) is 0 Å². The Hall–Kier alpha value is -0.470. The molecule has 0 heterocycles. The summed E-state index contributed by atoms with van der Waals surface area (Å²) in [6, 6.07) is 0. The standard InChI is InChI=1S/C9H15F3/c1-2-3-4-5-6-7-8-9(10,11)12/h7-8H,2-6H2,1H3/b8-7+. The molecule has 0 radical (unpaired) electrons. The van der Waals surface area contributed by atoms with Crippen LogP contribution >= 0.6 is 0 Å². The second kappa shape index (κ2) is 6.09. The van der Waals surface area contributed by atoms with Crippen LogP contribution in [0.1, 0.15) is 39.0 Å². The summed E-state index contributed by atoms with van der Waals surface area (Å²) in [5.41, 5.74) is 0. The first-order valence-corrected chi connectivity index (χ1v) is 4.30. The van der Waals surface area contributed by atoms with Crippen molar-refractivity contribution in [2.75, 3.05) is 0 Å². The van der Waals surface area contributed by atoms with Crippen LogP contribution in [-0.2, 0) is 0 Å². The third-order valence-corrected chi connectivity index (χ3v) is 1.53. The molecule has 0 aliphatic carbocycles. The molecule has 0 nitrogen and oxygen atoms in total.